The third-order valence-electron chi connectivity index (χ3n) is 1.31. The van der Waals surface area contributed by atoms with Crippen molar-refractivity contribution in [3.8, 4) is 0 Å². The third kappa shape index (κ3) is 3.09. The molecule has 0 aromatic carbocycles. The van der Waals surface area contributed by atoms with Crippen LogP contribution < -0.4 is 0 Å². The van der Waals surface area contributed by atoms with Crippen LogP contribution in [0.25, 0.3) is 0 Å². The van der Waals surface area contributed by atoms with Crippen molar-refractivity contribution in [1.82, 2.24) is 4.90 Å². The Kier molecular flexibility index (Phi) is 6.80. The molecule has 1 heterocycles. The van der Waals surface area contributed by atoms with Crippen LogP contribution in [-0.2, 0) is 21.9 Å². The van der Waals surface area contributed by atoms with Crippen molar-refractivity contribution >= 4 is 18.3 Å². The summed E-state index contributed by atoms with van der Waals surface area (Å²) in [5.74, 6) is 0.292. The maximum Gasteiger partial charge on any atom is 0.222 e. The number of likely N-dealkylation sites (tertiary alicyclic amines) is 1. The summed E-state index contributed by atoms with van der Waals surface area (Å²) in [5, 5.41) is 0. The van der Waals surface area contributed by atoms with E-state index >= 15 is 0 Å². The van der Waals surface area contributed by atoms with Gasteiger partial charge < -0.3 is 4.90 Å². The Hall–Kier alpha value is 0.279. The van der Waals surface area contributed by atoms with Crippen LogP contribution in [0.2, 0.25) is 0 Å². The first-order chi connectivity index (χ1) is 3.30. The summed E-state index contributed by atoms with van der Waals surface area (Å²) in [4.78, 5) is 12.3. The minimum absolute atomic E-state index is 0. The summed E-state index contributed by atoms with van der Waals surface area (Å²) in [5.41, 5.74) is 0. The number of hydrogen-bond acceptors (Lipinski definition) is 1. The molecule has 0 saturated carbocycles. The molecule has 0 bridgehead atoms. The first kappa shape index (κ1) is 12.0. The Bertz CT molecular complexity index is 99.0. The van der Waals surface area contributed by atoms with E-state index in [0.29, 0.717) is 5.91 Å². The van der Waals surface area contributed by atoms with Crippen molar-refractivity contribution < 1.29 is 21.9 Å². The summed E-state index contributed by atoms with van der Waals surface area (Å²) in [6, 6.07) is 0. The molecule has 0 aromatic rings. The van der Waals surface area contributed by atoms with Gasteiger partial charge >= 0.3 is 0 Å². The Morgan fingerprint density at radius 1 is 1.56 bits per heavy atom. The number of carbonyl (C=O) groups is 1. The van der Waals surface area contributed by atoms with Gasteiger partial charge in [0.15, 0.2) is 0 Å². The van der Waals surface area contributed by atoms with E-state index in [2.05, 4.69) is 0 Å². The van der Waals surface area contributed by atoms with Gasteiger partial charge in [-0.2, -0.15) is 0 Å². The first-order valence-corrected chi connectivity index (χ1v) is 2.54. The number of nitrogens with zero attached hydrogens (tertiary/aromatic N) is 1. The van der Waals surface area contributed by atoms with Gasteiger partial charge in [0.25, 0.3) is 0 Å². The summed E-state index contributed by atoms with van der Waals surface area (Å²) in [6.07, 6.45) is 1.81. The number of hydrogen-bond donors (Lipinski definition) is 0. The van der Waals surface area contributed by atoms with Gasteiger partial charge in [-0.3, -0.25) is 4.79 Å². The topological polar surface area (TPSA) is 20.3 Å². The number of halogens is 1. The number of carbonyl (C=O) groups excluding carboxylic acids is 1. The van der Waals surface area contributed by atoms with E-state index in [4.69, 9.17) is 0 Å². The fraction of sp³-hybridized carbons (Fsp3) is 0.800. The standard InChI is InChI=1S/C5H9NO.ClH.Fe/c1-6-4-2-3-5(6)7;;/h2-4H2,1H3;1H;. The Morgan fingerprint density at radius 2 is 2.11 bits per heavy atom. The molecule has 0 unspecified atom stereocenters. The predicted octanol–water partition coefficient (Wildman–Crippen LogP) is 0.658. The molecule has 0 aliphatic carbocycles. The minimum Gasteiger partial charge on any atom is -0.346 e. The van der Waals surface area contributed by atoms with Gasteiger partial charge in [0, 0.05) is 37.1 Å². The molecule has 0 N–H and O–H groups in total. The third-order valence-corrected chi connectivity index (χ3v) is 1.31. The Morgan fingerprint density at radius 3 is 2.22 bits per heavy atom. The Balaban J connectivity index is 0. The molecule has 1 aliphatic heterocycles. The van der Waals surface area contributed by atoms with Crippen LogP contribution in [0.1, 0.15) is 12.8 Å². The molecule has 1 aliphatic rings. The number of amides is 1. The molecular weight excluding hydrogens is 181 g/mol. The maximum atomic E-state index is 10.5. The molecule has 56 valence electrons. The first-order valence-electron chi connectivity index (χ1n) is 2.54. The summed E-state index contributed by atoms with van der Waals surface area (Å²) in [7, 11) is 1.84. The van der Waals surface area contributed by atoms with Gasteiger partial charge in [-0.25, -0.2) is 0 Å². The Labute approximate surface area is 71.9 Å². The van der Waals surface area contributed by atoms with Gasteiger partial charge in [-0.05, 0) is 6.42 Å². The summed E-state index contributed by atoms with van der Waals surface area (Å²) >= 11 is 0. The van der Waals surface area contributed by atoms with Crippen molar-refractivity contribution in [3.05, 3.63) is 0 Å². The summed E-state index contributed by atoms with van der Waals surface area (Å²) < 4.78 is 0. The van der Waals surface area contributed by atoms with Crippen LogP contribution in [0.15, 0.2) is 0 Å². The molecule has 1 amide bonds. The fourth-order valence-electron chi connectivity index (χ4n) is 0.783. The predicted molar refractivity (Wildman–Crippen MR) is 34.1 cm³/mol. The quantitative estimate of drug-likeness (QED) is 0.515. The van der Waals surface area contributed by atoms with Gasteiger partial charge in [0.2, 0.25) is 5.91 Å². The van der Waals surface area contributed by atoms with Crippen LogP contribution in [0, 0.1) is 0 Å². The van der Waals surface area contributed by atoms with Gasteiger partial charge in [0.1, 0.15) is 0 Å². The normalized spacial score (nSPS) is 16.6. The molecular formula is C5H10ClFeNO. The van der Waals surface area contributed by atoms with Crippen molar-refractivity contribution in [3.63, 3.8) is 0 Å². The number of rotatable bonds is 0. The van der Waals surface area contributed by atoms with Crippen LogP contribution >= 0.6 is 12.4 Å². The molecule has 0 radical (unpaired) electrons. The second-order valence-corrected chi connectivity index (χ2v) is 1.92. The van der Waals surface area contributed by atoms with Crippen molar-refractivity contribution in [2.24, 2.45) is 0 Å². The zero-order valence-electron chi connectivity index (χ0n) is 5.24. The van der Waals surface area contributed by atoms with Crippen molar-refractivity contribution in [1.29, 1.82) is 0 Å². The SMILES string of the molecule is CN1CCCC1=O.Cl.[Fe]. The molecule has 2 nitrogen and oxygen atoms in total. The van der Waals surface area contributed by atoms with E-state index in [9.17, 15) is 4.79 Å². The van der Waals surface area contributed by atoms with Crippen molar-refractivity contribution in [2.75, 3.05) is 13.6 Å². The van der Waals surface area contributed by atoms with Gasteiger partial charge in [0.05, 0.1) is 0 Å². The zero-order valence-corrected chi connectivity index (χ0v) is 7.16. The van der Waals surface area contributed by atoms with E-state index in [1.165, 1.54) is 0 Å². The van der Waals surface area contributed by atoms with Crippen LogP contribution in [0.3, 0.4) is 0 Å². The van der Waals surface area contributed by atoms with Crippen LogP contribution in [0.5, 0.6) is 0 Å². The van der Waals surface area contributed by atoms with Crippen molar-refractivity contribution in [2.45, 2.75) is 12.8 Å². The molecule has 0 spiro atoms. The molecule has 0 atom stereocenters. The molecule has 1 fully saturated rings. The molecule has 1 rings (SSSR count). The molecule has 0 aromatic heterocycles. The van der Waals surface area contributed by atoms with E-state index in [0.717, 1.165) is 19.4 Å². The van der Waals surface area contributed by atoms with Crippen LogP contribution in [0.4, 0.5) is 0 Å². The van der Waals surface area contributed by atoms with E-state index in [1.807, 2.05) is 7.05 Å². The minimum atomic E-state index is 0. The van der Waals surface area contributed by atoms with E-state index in [-0.39, 0.29) is 29.5 Å². The van der Waals surface area contributed by atoms with E-state index in [1.54, 1.807) is 4.90 Å². The smallest absolute Gasteiger partial charge is 0.222 e. The van der Waals surface area contributed by atoms with Gasteiger partial charge in [-0.15, -0.1) is 12.4 Å². The molecule has 4 heteroatoms. The zero-order chi connectivity index (χ0) is 5.28. The molecule has 1 saturated heterocycles. The second-order valence-electron chi connectivity index (χ2n) is 1.92. The largest absolute Gasteiger partial charge is 0.346 e. The average Bonchev–Trinajstić information content (AvgIpc) is 1.91. The van der Waals surface area contributed by atoms with E-state index < -0.39 is 0 Å². The van der Waals surface area contributed by atoms with Crippen LogP contribution in [-0.4, -0.2) is 24.4 Å². The second kappa shape index (κ2) is 5.10. The molecule has 9 heavy (non-hydrogen) atoms. The van der Waals surface area contributed by atoms with Gasteiger partial charge in [-0.1, -0.05) is 0 Å². The summed E-state index contributed by atoms with van der Waals surface area (Å²) in [6.45, 7) is 0.957. The average molecular weight is 191 g/mol. The fourth-order valence-corrected chi connectivity index (χ4v) is 0.783. The maximum absolute atomic E-state index is 10.5. The monoisotopic (exact) mass is 191 g/mol.